The highest BCUT2D eigenvalue weighted by molar-refractivity contribution is 4.90. The molecule has 0 aromatic carbocycles. The smallest absolute Gasteiger partial charge is 0.0730 e. The van der Waals surface area contributed by atoms with Crippen molar-refractivity contribution in [2.24, 2.45) is 11.8 Å². The Hall–Kier alpha value is -0.0800. The van der Waals surface area contributed by atoms with Crippen molar-refractivity contribution in [3.05, 3.63) is 0 Å². The zero-order valence-electron chi connectivity index (χ0n) is 12.3. The quantitative estimate of drug-likeness (QED) is 0.805. The molecule has 0 bridgehead atoms. The molecule has 106 valence electrons. The summed E-state index contributed by atoms with van der Waals surface area (Å²) in [5.41, 5.74) is 0. The van der Waals surface area contributed by atoms with Gasteiger partial charge >= 0.3 is 0 Å². The Bertz CT molecular complexity index is 225. The van der Waals surface area contributed by atoms with Crippen molar-refractivity contribution in [2.75, 3.05) is 13.2 Å². The van der Waals surface area contributed by atoms with E-state index in [0.717, 1.165) is 25.0 Å². The SMILES string of the molecule is CCNC(C1CCCCO1)C1CCCCC1CC. The zero-order chi connectivity index (χ0) is 12.8. The molecule has 2 nitrogen and oxygen atoms in total. The molecule has 1 saturated heterocycles. The summed E-state index contributed by atoms with van der Waals surface area (Å²) in [5, 5.41) is 3.76. The molecule has 18 heavy (non-hydrogen) atoms. The van der Waals surface area contributed by atoms with Gasteiger partial charge in [-0.15, -0.1) is 0 Å². The molecule has 0 aromatic rings. The second-order valence-corrected chi connectivity index (χ2v) is 6.11. The van der Waals surface area contributed by atoms with Gasteiger partial charge in [-0.05, 0) is 44.1 Å². The molecule has 0 aromatic heterocycles. The van der Waals surface area contributed by atoms with Crippen LogP contribution in [0.5, 0.6) is 0 Å². The molecule has 2 rings (SSSR count). The summed E-state index contributed by atoms with van der Waals surface area (Å²) >= 11 is 0. The fraction of sp³-hybridized carbons (Fsp3) is 1.00. The van der Waals surface area contributed by atoms with E-state index in [0.29, 0.717) is 12.1 Å². The first-order chi connectivity index (χ1) is 8.86. The highest BCUT2D eigenvalue weighted by Crippen LogP contribution is 2.37. The van der Waals surface area contributed by atoms with E-state index in [1.807, 2.05) is 0 Å². The molecule has 2 aliphatic rings. The molecule has 0 spiro atoms. The maximum absolute atomic E-state index is 6.08. The van der Waals surface area contributed by atoms with Crippen LogP contribution in [0.4, 0.5) is 0 Å². The van der Waals surface area contributed by atoms with Crippen LogP contribution in [0, 0.1) is 11.8 Å². The van der Waals surface area contributed by atoms with Gasteiger partial charge < -0.3 is 10.1 Å². The Morgan fingerprint density at radius 2 is 1.83 bits per heavy atom. The van der Waals surface area contributed by atoms with Gasteiger partial charge in [0.25, 0.3) is 0 Å². The van der Waals surface area contributed by atoms with Crippen LogP contribution in [0.15, 0.2) is 0 Å². The zero-order valence-corrected chi connectivity index (χ0v) is 12.3. The van der Waals surface area contributed by atoms with Gasteiger partial charge in [0.1, 0.15) is 0 Å². The second-order valence-electron chi connectivity index (χ2n) is 6.11. The largest absolute Gasteiger partial charge is 0.377 e. The summed E-state index contributed by atoms with van der Waals surface area (Å²) in [4.78, 5) is 0. The first kappa shape index (κ1) is 14.3. The van der Waals surface area contributed by atoms with Crippen LogP contribution in [0.2, 0.25) is 0 Å². The third-order valence-electron chi connectivity index (χ3n) is 5.01. The molecule has 1 heterocycles. The highest BCUT2D eigenvalue weighted by atomic mass is 16.5. The number of likely N-dealkylation sites (N-methyl/N-ethyl adjacent to an activating group) is 1. The highest BCUT2D eigenvalue weighted by Gasteiger charge is 2.36. The van der Waals surface area contributed by atoms with E-state index in [9.17, 15) is 0 Å². The Morgan fingerprint density at radius 3 is 2.50 bits per heavy atom. The lowest BCUT2D eigenvalue weighted by molar-refractivity contribution is -0.0336. The third kappa shape index (κ3) is 3.48. The maximum atomic E-state index is 6.08. The summed E-state index contributed by atoms with van der Waals surface area (Å²) in [6, 6.07) is 0.612. The van der Waals surface area contributed by atoms with Crippen LogP contribution in [0.1, 0.15) is 65.2 Å². The Kier molecular flexibility index (Phi) is 5.97. The van der Waals surface area contributed by atoms with Crippen molar-refractivity contribution in [3.8, 4) is 0 Å². The fourth-order valence-electron chi connectivity index (χ4n) is 4.06. The van der Waals surface area contributed by atoms with Crippen LogP contribution in [0.3, 0.4) is 0 Å². The normalized spacial score (nSPS) is 35.3. The Morgan fingerprint density at radius 1 is 1.06 bits per heavy atom. The van der Waals surface area contributed by atoms with Crippen molar-refractivity contribution in [1.82, 2.24) is 5.32 Å². The van der Waals surface area contributed by atoms with E-state index < -0.39 is 0 Å². The lowest BCUT2D eigenvalue weighted by Gasteiger charge is -2.42. The van der Waals surface area contributed by atoms with Gasteiger partial charge in [-0.1, -0.05) is 39.5 Å². The molecule has 1 N–H and O–H groups in total. The fourth-order valence-corrected chi connectivity index (χ4v) is 4.06. The molecule has 4 atom stereocenters. The molecule has 1 aliphatic heterocycles. The van der Waals surface area contributed by atoms with Crippen LogP contribution in [-0.2, 0) is 4.74 Å². The molecule has 2 heteroatoms. The predicted molar refractivity (Wildman–Crippen MR) is 76.8 cm³/mol. The average Bonchev–Trinajstić information content (AvgIpc) is 2.46. The predicted octanol–water partition coefficient (Wildman–Crippen LogP) is 3.75. The number of ether oxygens (including phenoxy) is 1. The summed E-state index contributed by atoms with van der Waals surface area (Å²) < 4.78 is 6.08. The van der Waals surface area contributed by atoms with Gasteiger partial charge in [-0.3, -0.25) is 0 Å². The van der Waals surface area contributed by atoms with E-state index in [4.69, 9.17) is 4.74 Å². The van der Waals surface area contributed by atoms with Gasteiger partial charge in [0.05, 0.1) is 6.10 Å². The van der Waals surface area contributed by atoms with Crippen molar-refractivity contribution < 1.29 is 4.74 Å². The number of hydrogen-bond donors (Lipinski definition) is 1. The minimum atomic E-state index is 0.482. The maximum Gasteiger partial charge on any atom is 0.0730 e. The molecule has 1 saturated carbocycles. The molecule has 2 fully saturated rings. The van der Waals surface area contributed by atoms with Crippen LogP contribution >= 0.6 is 0 Å². The van der Waals surface area contributed by atoms with Gasteiger partial charge in [0.2, 0.25) is 0 Å². The van der Waals surface area contributed by atoms with Gasteiger partial charge in [-0.2, -0.15) is 0 Å². The monoisotopic (exact) mass is 253 g/mol. The number of hydrogen-bond acceptors (Lipinski definition) is 2. The number of nitrogens with one attached hydrogen (secondary N) is 1. The average molecular weight is 253 g/mol. The molecular formula is C16H31NO. The molecule has 0 amide bonds. The standard InChI is InChI=1S/C16H31NO/c1-3-13-9-5-6-10-14(13)16(17-4-2)15-11-7-8-12-18-15/h13-17H,3-12H2,1-2H3. The van der Waals surface area contributed by atoms with E-state index in [-0.39, 0.29) is 0 Å². The van der Waals surface area contributed by atoms with Crippen molar-refractivity contribution in [1.29, 1.82) is 0 Å². The van der Waals surface area contributed by atoms with Crippen molar-refractivity contribution >= 4 is 0 Å². The lowest BCUT2D eigenvalue weighted by atomic mass is 9.72. The second kappa shape index (κ2) is 7.49. The molecule has 4 unspecified atom stereocenters. The van der Waals surface area contributed by atoms with E-state index in [1.54, 1.807) is 0 Å². The minimum absolute atomic E-state index is 0.482. The number of rotatable bonds is 5. The van der Waals surface area contributed by atoms with E-state index in [2.05, 4.69) is 19.2 Å². The Balaban J connectivity index is 2.01. The summed E-state index contributed by atoms with van der Waals surface area (Å²) in [7, 11) is 0. The topological polar surface area (TPSA) is 21.3 Å². The van der Waals surface area contributed by atoms with Gasteiger partial charge in [0, 0.05) is 12.6 Å². The van der Waals surface area contributed by atoms with Crippen molar-refractivity contribution in [2.45, 2.75) is 77.4 Å². The van der Waals surface area contributed by atoms with Gasteiger partial charge in [0.15, 0.2) is 0 Å². The molecule has 0 radical (unpaired) electrons. The molecular weight excluding hydrogens is 222 g/mol. The van der Waals surface area contributed by atoms with Crippen LogP contribution < -0.4 is 5.32 Å². The van der Waals surface area contributed by atoms with Crippen LogP contribution in [-0.4, -0.2) is 25.3 Å². The first-order valence-electron chi connectivity index (χ1n) is 8.21. The van der Waals surface area contributed by atoms with E-state index >= 15 is 0 Å². The summed E-state index contributed by atoms with van der Waals surface area (Å²) in [5.74, 6) is 1.78. The summed E-state index contributed by atoms with van der Waals surface area (Å²) in [6.07, 6.45) is 11.4. The third-order valence-corrected chi connectivity index (χ3v) is 5.01. The van der Waals surface area contributed by atoms with Gasteiger partial charge in [-0.25, -0.2) is 0 Å². The van der Waals surface area contributed by atoms with Crippen molar-refractivity contribution in [3.63, 3.8) is 0 Å². The Labute approximate surface area is 113 Å². The van der Waals surface area contributed by atoms with Crippen LogP contribution in [0.25, 0.3) is 0 Å². The molecule has 1 aliphatic carbocycles. The van der Waals surface area contributed by atoms with E-state index in [1.165, 1.54) is 51.4 Å². The lowest BCUT2D eigenvalue weighted by Crippen LogP contribution is -2.50. The minimum Gasteiger partial charge on any atom is -0.377 e. The summed E-state index contributed by atoms with van der Waals surface area (Å²) in [6.45, 7) is 6.67. The first-order valence-corrected chi connectivity index (χ1v) is 8.21.